The number of hydrogen-bond acceptors (Lipinski definition) is 3. The van der Waals surface area contributed by atoms with Crippen molar-refractivity contribution in [2.24, 2.45) is 5.84 Å². The molecule has 1 amide bonds. The molecule has 1 aromatic heterocycles. The fourth-order valence-electron chi connectivity index (χ4n) is 1.67. The maximum atomic E-state index is 11.5. The van der Waals surface area contributed by atoms with Gasteiger partial charge in [0.15, 0.2) is 0 Å². The third-order valence-electron chi connectivity index (χ3n) is 2.69. The number of aryl methyl sites for hydroxylation is 1. The van der Waals surface area contributed by atoms with Gasteiger partial charge in [0.1, 0.15) is 0 Å². The molecule has 14 heavy (non-hydrogen) atoms. The number of nitrogens with zero attached hydrogens (tertiary/aromatic N) is 1. The van der Waals surface area contributed by atoms with E-state index in [2.05, 4.69) is 10.4 Å². The Hall–Kier alpha value is -1.42. The quantitative estimate of drug-likeness (QED) is 0.404. The monoisotopic (exact) mass is 191 g/mol. The van der Waals surface area contributed by atoms with Gasteiger partial charge in [-0.25, -0.2) is 5.84 Å². The molecular weight excluding hydrogens is 178 g/mol. The predicted molar refractivity (Wildman–Crippen MR) is 52.2 cm³/mol. The zero-order chi connectivity index (χ0) is 10.2. The number of carbonyl (C=O) groups is 1. The maximum Gasteiger partial charge on any atom is 0.246 e. The van der Waals surface area contributed by atoms with Gasteiger partial charge in [0, 0.05) is 5.69 Å². The Bertz CT molecular complexity index is 371. The Kier molecular flexibility index (Phi) is 2.00. The molecule has 2 rings (SSSR count). The van der Waals surface area contributed by atoms with Crippen molar-refractivity contribution >= 4 is 5.91 Å². The molecule has 0 saturated heterocycles. The van der Waals surface area contributed by atoms with Crippen LogP contribution in [0, 0.1) is 6.92 Å². The summed E-state index contributed by atoms with van der Waals surface area (Å²) in [7, 11) is 0. The maximum absolute atomic E-state index is 11.5. The van der Waals surface area contributed by atoms with Crippen molar-refractivity contribution in [3.63, 3.8) is 0 Å². The molecule has 1 aliphatic carbocycles. The van der Waals surface area contributed by atoms with Crippen LogP contribution in [0.1, 0.15) is 24.2 Å². The minimum atomic E-state index is -0.444. The number of nitrogens with one attached hydrogen (secondary N) is 1. The average Bonchev–Trinajstić information content (AvgIpc) is 2.97. The molecule has 0 atom stereocenters. The molecule has 1 saturated carbocycles. The van der Waals surface area contributed by atoms with Crippen molar-refractivity contribution in [1.29, 1.82) is 0 Å². The number of amides is 1. The Balaban J connectivity index is 2.35. The van der Waals surface area contributed by atoms with Crippen LogP contribution in [0.4, 0.5) is 0 Å². The van der Waals surface area contributed by atoms with Gasteiger partial charge < -0.3 is 0 Å². The number of hydrazine groups is 1. The summed E-state index contributed by atoms with van der Waals surface area (Å²) in [5.41, 5.74) is 3.53. The van der Waals surface area contributed by atoms with Gasteiger partial charge in [-0.15, -0.1) is 0 Å². The van der Waals surface area contributed by atoms with Crippen LogP contribution in [0.15, 0.2) is 18.2 Å². The van der Waals surface area contributed by atoms with Gasteiger partial charge in [0.05, 0.1) is 11.1 Å². The zero-order valence-corrected chi connectivity index (χ0v) is 8.08. The fourth-order valence-corrected chi connectivity index (χ4v) is 1.67. The highest BCUT2D eigenvalue weighted by Crippen LogP contribution is 2.47. The van der Waals surface area contributed by atoms with Crippen LogP contribution in [-0.2, 0) is 10.2 Å². The smallest absolute Gasteiger partial charge is 0.246 e. The average molecular weight is 191 g/mol. The summed E-state index contributed by atoms with van der Waals surface area (Å²) in [5, 5.41) is 0. The van der Waals surface area contributed by atoms with Gasteiger partial charge in [-0.1, -0.05) is 6.07 Å². The molecule has 4 heteroatoms. The summed E-state index contributed by atoms with van der Waals surface area (Å²) in [6.45, 7) is 1.92. The lowest BCUT2D eigenvalue weighted by Gasteiger charge is -2.12. The first-order valence-corrected chi connectivity index (χ1v) is 4.64. The van der Waals surface area contributed by atoms with Crippen molar-refractivity contribution < 1.29 is 4.79 Å². The van der Waals surface area contributed by atoms with E-state index in [1.165, 1.54) is 0 Å². The highest BCUT2D eigenvalue weighted by atomic mass is 16.2. The van der Waals surface area contributed by atoms with Gasteiger partial charge in [-0.2, -0.15) is 0 Å². The van der Waals surface area contributed by atoms with Crippen LogP contribution in [0.25, 0.3) is 0 Å². The molecule has 0 bridgehead atoms. The van der Waals surface area contributed by atoms with Crippen LogP contribution >= 0.6 is 0 Å². The van der Waals surface area contributed by atoms with E-state index >= 15 is 0 Å². The highest BCUT2D eigenvalue weighted by molar-refractivity contribution is 5.90. The third-order valence-corrected chi connectivity index (χ3v) is 2.69. The molecule has 0 unspecified atom stereocenters. The summed E-state index contributed by atoms with van der Waals surface area (Å²) in [4.78, 5) is 15.9. The molecule has 1 aromatic rings. The predicted octanol–water partition coefficient (Wildman–Crippen LogP) is 0.412. The number of carbonyl (C=O) groups excluding carboxylic acids is 1. The van der Waals surface area contributed by atoms with E-state index < -0.39 is 5.41 Å². The topological polar surface area (TPSA) is 68.0 Å². The molecule has 0 radical (unpaired) electrons. The van der Waals surface area contributed by atoms with E-state index in [-0.39, 0.29) is 5.91 Å². The minimum absolute atomic E-state index is 0.129. The lowest BCUT2D eigenvalue weighted by molar-refractivity contribution is -0.123. The molecule has 1 aliphatic rings. The second-order valence-electron chi connectivity index (χ2n) is 3.72. The van der Waals surface area contributed by atoms with Crippen LogP contribution in [0.3, 0.4) is 0 Å². The number of hydrogen-bond donors (Lipinski definition) is 2. The van der Waals surface area contributed by atoms with Gasteiger partial charge >= 0.3 is 0 Å². The first-order valence-electron chi connectivity index (χ1n) is 4.64. The second kappa shape index (κ2) is 3.06. The fraction of sp³-hybridized carbons (Fsp3) is 0.400. The van der Waals surface area contributed by atoms with Gasteiger partial charge in [0.25, 0.3) is 0 Å². The second-order valence-corrected chi connectivity index (χ2v) is 3.72. The normalized spacial score (nSPS) is 17.6. The zero-order valence-electron chi connectivity index (χ0n) is 8.08. The molecule has 3 N–H and O–H groups in total. The lowest BCUT2D eigenvalue weighted by atomic mass is 10.0. The molecule has 74 valence electrons. The standard InChI is InChI=1S/C10H13N3O/c1-7-3-2-4-8(12-7)10(5-6-10)9(14)13-11/h2-4H,5-6,11H2,1H3,(H,13,14). The molecule has 0 aromatic carbocycles. The van der Waals surface area contributed by atoms with Crippen molar-refractivity contribution in [2.45, 2.75) is 25.2 Å². The molecule has 1 heterocycles. The summed E-state index contributed by atoms with van der Waals surface area (Å²) in [6.07, 6.45) is 1.68. The number of pyridine rings is 1. The highest BCUT2D eigenvalue weighted by Gasteiger charge is 2.52. The molecule has 0 aliphatic heterocycles. The SMILES string of the molecule is Cc1cccc(C2(C(=O)NN)CC2)n1. The Morgan fingerprint density at radius 3 is 2.79 bits per heavy atom. The van der Waals surface area contributed by atoms with E-state index in [1.54, 1.807) is 0 Å². The van der Waals surface area contributed by atoms with E-state index in [1.807, 2.05) is 25.1 Å². The summed E-state index contributed by atoms with van der Waals surface area (Å²) in [6, 6.07) is 5.72. The minimum Gasteiger partial charge on any atom is -0.293 e. The van der Waals surface area contributed by atoms with Crippen molar-refractivity contribution in [2.75, 3.05) is 0 Å². The van der Waals surface area contributed by atoms with Crippen molar-refractivity contribution in [3.05, 3.63) is 29.6 Å². The molecular formula is C10H13N3O. The summed E-state index contributed by atoms with van der Waals surface area (Å²) < 4.78 is 0. The number of rotatable bonds is 2. The summed E-state index contributed by atoms with van der Waals surface area (Å²) >= 11 is 0. The first kappa shape index (κ1) is 9.15. The first-order chi connectivity index (χ1) is 6.69. The Morgan fingerprint density at radius 1 is 1.57 bits per heavy atom. The van der Waals surface area contributed by atoms with E-state index in [9.17, 15) is 4.79 Å². The van der Waals surface area contributed by atoms with E-state index in [4.69, 9.17) is 5.84 Å². The molecule has 0 spiro atoms. The lowest BCUT2D eigenvalue weighted by Crippen LogP contribution is -2.39. The Labute approximate surface area is 82.5 Å². The largest absolute Gasteiger partial charge is 0.293 e. The van der Waals surface area contributed by atoms with Crippen LogP contribution in [0.5, 0.6) is 0 Å². The van der Waals surface area contributed by atoms with Crippen molar-refractivity contribution in [1.82, 2.24) is 10.4 Å². The Morgan fingerprint density at radius 2 is 2.29 bits per heavy atom. The summed E-state index contributed by atoms with van der Waals surface area (Å²) in [5.74, 6) is 5.02. The van der Waals surface area contributed by atoms with E-state index in [0.29, 0.717) is 0 Å². The van der Waals surface area contributed by atoms with Gasteiger partial charge in [0.2, 0.25) is 5.91 Å². The molecule has 4 nitrogen and oxygen atoms in total. The number of nitrogens with two attached hydrogens (primary N) is 1. The molecule has 1 fully saturated rings. The van der Waals surface area contributed by atoms with Crippen LogP contribution in [-0.4, -0.2) is 10.9 Å². The van der Waals surface area contributed by atoms with E-state index in [0.717, 1.165) is 24.2 Å². The third kappa shape index (κ3) is 1.28. The van der Waals surface area contributed by atoms with Crippen LogP contribution in [0.2, 0.25) is 0 Å². The van der Waals surface area contributed by atoms with Crippen molar-refractivity contribution in [3.8, 4) is 0 Å². The number of aromatic nitrogens is 1. The van der Waals surface area contributed by atoms with Gasteiger partial charge in [-0.3, -0.25) is 15.2 Å². The van der Waals surface area contributed by atoms with Gasteiger partial charge in [-0.05, 0) is 31.9 Å². The van der Waals surface area contributed by atoms with Crippen LogP contribution < -0.4 is 11.3 Å².